The Balaban J connectivity index is 0.00000104. The number of carboxylic acid groups (broad SMARTS) is 1. The standard InChI is InChI=1S/C18H20N2O4.C6H14.C2H6/c1-11-4-3-5-15(24-2)16(11)17(21)20-14(18(22)23)10-12-6-8-13(19)9-7-12;1-3-5-6-4-2;1-2/h3-9,14H,10,19H2,1-2H3,(H,20,21)(H,22,23);3-6H2,1-2H3;1-2H3. The molecule has 1 atom stereocenters. The van der Waals surface area contributed by atoms with Gasteiger partial charge in [0.15, 0.2) is 0 Å². The highest BCUT2D eigenvalue weighted by atomic mass is 16.5. The van der Waals surface area contributed by atoms with Crippen molar-refractivity contribution in [2.24, 2.45) is 0 Å². The Morgan fingerprint density at radius 2 is 1.59 bits per heavy atom. The van der Waals surface area contributed by atoms with Crippen LogP contribution >= 0.6 is 0 Å². The van der Waals surface area contributed by atoms with E-state index in [1.807, 2.05) is 13.8 Å². The van der Waals surface area contributed by atoms with Gasteiger partial charge in [-0.3, -0.25) is 4.79 Å². The van der Waals surface area contributed by atoms with E-state index in [4.69, 9.17) is 10.5 Å². The average molecular weight is 445 g/mol. The number of anilines is 1. The van der Waals surface area contributed by atoms with Crippen molar-refractivity contribution in [2.45, 2.75) is 72.8 Å². The van der Waals surface area contributed by atoms with Crippen LogP contribution in [0.25, 0.3) is 0 Å². The second-order valence-electron chi connectivity index (χ2n) is 7.17. The molecule has 32 heavy (non-hydrogen) atoms. The number of carbonyl (C=O) groups is 2. The molecule has 0 saturated carbocycles. The monoisotopic (exact) mass is 444 g/mol. The molecule has 0 aliphatic rings. The molecule has 2 aromatic rings. The van der Waals surface area contributed by atoms with Gasteiger partial charge in [-0.25, -0.2) is 4.79 Å². The highest BCUT2D eigenvalue weighted by Gasteiger charge is 2.23. The van der Waals surface area contributed by atoms with Gasteiger partial charge in [0, 0.05) is 12.1 Å². The average Bonchev–Trinajstić information content (AvgIpc) is 2.79. The SMILES string of the molecule is CC.CCCCCC.COc1cccc(C)c1C(=O)NC(Cc1ccc(N)cc1)C(=O)O. The number of amides is 1. The largest absolute Gasteiger partial charge is 0.496 e. The summed E-state index contributed by atoms with van der Waals surface area (Å²) in [5.74, 6) is -1.18. The van der Waals surface area contributed by atoms with E-state index in [-0.39, 0.29) is 6.42 Å². The number of carbonyl (C=O) groups excluding carboxylic acids is 1. The molecule has 0 heterocycles. The maximum absolute atomic E-state index is 12.5. The molecule has 0 fully saturated rings. The topological polar surface area (TPSA) is 102 Å². The molecule has 178 valence electrons. The fourth-order valence-corrected chi connectivity index (χ4v) is 2.92. The van der Waals surface area contributed by atoms with Crippen LogP contribution < -0.4 is 15.8 Å². The van der Waals surface area contributed by atoms with Gasteiger partial charge in [-0.1, -0.05) is 77.6 Å². The molecular weight excluding hydrogens is 404 g/mol. The maximum atomic E-state index is 12.5. The van der Waals surface area contributed by atoms with Crippen molar-refractivity contribution >= 4 is 17.6 Å². The first-order valence-electron chi connectivity index (χ1n) is 11.4. The Labute approximate surface area is 193 Å². The summed E-state index contributed by atoms with van der Waals surface area (Å²) >= 11 is 0. The number of aryl methyl sites for hydroxylation is 1. The fraction of sp³-hybridized carbons (Fsp3) is 0.462. The summed E-state index contributed by atoms with van der Waals surface area (Å²) in [4.78, 5) is 24.0. The summed E-state index contributed by atoms with van der Waals surface area (Å²) in [6.45, 7) is 10.2. The number of nitrogens with two attached hydrogens (primary N) is 1. The third-order valence-electron chi connectivity index (χ3n) is 4.66. The fourth-order valence-electron chi connectivity index (χ4n) is 2.92. The first-order valence-corrected chi connectivity index (χ1v) is 11.4. The molecule has 0 radical (unpaired) electrons. The lowest BCUT2D eigenvalue weighted by Gasteiger charge is -2.17. The number of rotatable bonds is 9. The third kappa shape index (κ3) is 10.3. The molecular formula is C26H40N2O4. The van der Waals surface area contributed by atoms with Crippen LogP contribution in [-0.4, -0.2) is 30.1 Å². The van der Waals surface area contributed by atoms with Gasteiger partial charge < -0.3 is 20.9 Å². The molecule has 1 unspecified atom stereocenters. The molecule has 2 rings (SSSR count). The molecule has 2 aromatic carbocycles. The van der Waals surface area contributed by atoms with E-state index in [0.717, 1.165) is 5.56 Å². The Morgan fingerprint density at radius 3 is 2.06 bits per heavy atom. The zero-order valence-electron chi connectivity index (χ0n) is 20.4. The molecule has 6 nitrogen and oxygen atoms in total. The summed E-state index contributed by atoms with van der Waals surface area (Å²) in [5, 5.41) is 12.0. The highest BCUT2D eigenvalue weighted by Crippen LogP contribution is 2.22. The van der Waals surface area contributed by atoms with Crippen LogP contribution in [0.3, 0.4) is 0 Å². The first-order chi connectivity index (χ1) is 15.3. The normalized spacial score (nSPS) is 10.6. The molecule has 1 amide bonds. The number of hydrogen-bond donors (Lipinski definition) is 3. The smallest absolute Gasteiger partial charge is 0.326 e. The van der Waals surface area contributed by atoms with Crippen molar-refractivity contribution in [3.8, 4) is 5.75 Å². The van der Waals surface area contributed by atoms with Crippen LogP contribution in [0.2, 0.25) is 0 Å². The lowest BCUT2D eigenvalue weighted by Crippen LogP contribution is -2.42. The maximum Gasteiger partial charge on any atom is 0.326 e. The van der Waals surface area contributed by atoms with E-state index in [0.29, 0.717) is 22.6 Å². The van der Waals surface area contributed by atoms with Crippen molar-refractivity contribution < 1.29 is 19.4 Å². The van der Waals surface area contributed by atoms with Gasteiger partial charge in [0.25, 0.3) is 5.91 Å². The minimum atomic E-state index is -1.10. The van der Waals surface area contributed by atoms with Crippen LogP contribution in [0.15, 0.2) is 42.5 Å². The van der Waals surface area contributed by atoms with E-state index in [2.05, 4.69) is 19.2 Å². The highest BCUT2D eigenvalue weighted by molar-refractivity contribution is 6.00. The van der Waals surface area contributed by atoms with Gasteiger partial charge in [-0.15, -0.1) is 0 Å². The predicted molar refractivity (Wildman–Crippen MR) is 132 cm³/mol. The van der Waals surface area contributed by atoms with E-state index in [9.17, 15) is 14.7 Å². The number of carboxylic acids is 1. The summed E-state index contributed by atoms with van der Waals surface area (Å²) in [7, 11) is 1.47. The number of aliphatic carboxylic acids is 1. The Kier molecular flexibility index (Phi) is 15.1. The molecule has 0 spiro atoms. The van der Waals surface area contributed by atoms with Crippen molar-refractivity contribution in [3.63, 3.8) is 0 Å². The number of hydrogen-bond acceptors (Lipinski definition) is 4. The van der Waals surface area contributed by atoms with Gasteiger partial charge >= 0.3 is 5.97 Å². The van der Waals surface area contributed by atoms with Gasteiger partial charge in [-0.05, 0) is 36.2 Å². The first kappa shape index (κ1) is 29.0. The molecule has 6 heteroatoms. The van der Waals surface area contributed by atoms with Crippen molar-refractivity contribution in [2.75, 3.05) is 12.8 Å². The Bertz CT molecular complexity index is 800. The van der Waals surface area contributed by atoms with Crippen LogP contribution in [-0.2, 0) is 11.2 Å². The minimum Gasteiger partial charge on any atom is -0.496 e. The third-order valence-corrected chi connectivity index (χ3v) is 4.66. The zero-order valence-corrected chi connectivity index (χ0v) is 20.4. The molecule has 0 saturated heterocycles. The number of methoxy groups -OCH3 is 1. The summed E-state index contributed by atoms with van der Waals surface area (Å²) in [6, 6.07) is 11.0. The number of unbranched alkanes of at least 4 members (excludes halogenated alkanes) is 3. The van der Waals surface area contributed by atoms with Gasteiger partial charge in [0.2, 0.25) is 0 Å². The molecule has 4 N–H and O–H groups in total. The Hall–Kier alpha value is -3.02. The van der Waals surface area contributed by atoms with E-state index < -0.39 is 17.9 Å². The lowest BCUT2D eigenvalue weighted by atomic mass is 10.0. The van der Waals surface area contributed by atoms with Gasteiger partial charge in [0.1, 0.15) is 11.8 Å². The predicted octanol–water partition coefficient (Wildman–Crippen LogP) is 5.62. The van der Waals surface area contributed by atoms with Crippen molar-refractivity contribution in [1.82, 2.24) is 5.32 Å². The van der Waals surface area contributed by atoms with Crippen LogP contribution in [0, 0.1) is 6.92 Å². The van der Waals surface area contributed by atoms with Gasteiger partial charge in [-0.2, -0.15) is 0 Å². The van der Waals surface area contributed by atoms with Crippen molar-refractivity contribution in [1.29, 1.82) is 0 Å². The van der Waals surface area contributed by atoms with E-state index in [1.165, 1.54) is 32.8 Å². The van der Waals surface area contributed by atoms with E-state index >= 15 is 0 Å². The second kappa shape index (κ2) is 16.6. The van der Waals surface area contributed by atoms with Crippen LogP contribution in [0.1, 0.15) is 74.9 Å². The zero-order chi connectivity index (χ0) is 24.5. The number of nitrogens with one attached hydrogen (secondary N) is 1. The molecule has 0 aliphatic heterocycles. The number of nitrogen functional groups attached to an aromatic ring is 1. The van der Waals surface area contributed by atoms with Crippen LogP contribution in [0.5, 0.6) is 5.75 Å². The number of benzene rings is 2. The Morgan fingerprint density at radius 1 is 1.03 bits per heavy atom. The van der Waals surface area contributed by atoms with Crippen LogP contribution in [0.4, 0.5) is 5.69 Å². The summed E-state index contributed by atoms with van der Waals surface area (Å²) < 4.78 is 5.20. The second-order valence-corrected chi connectivity index (χ2v) is 7.17. The number of ether oxygens (including phenoxy) is 1. The van der Waals surface area contributed by atoms with E-state index in [1.54, 1.807) is 49.4 Å². The minimum absolute atomic E-state index is 0.162. The summed E-state index contributed by atoms with van der Waals surface area (Å²) in [6.07, 6.45) is 5.70. The molecule has 0 aliphatic carbocycles. The van der Waals surface area contributed by atoms with Gasteiger partial charge in [0.05, 0.1) is 12.7 Å². The van der Waals surface area contributed by atoms with Crippen molar-refractivity contribution in [3.05, 3.63) is 59.2 Å². The molecule has 0 aromatic heterocycles. The molecule has 0 bridgehead atoms. The lowest BCUT2D eigenvalue weighted by molar-refractivity contribution is -0.139. The quantitative estimate of drug-likeness (QED) is 0.344. The summed E-state index contributed by atoms with van der Waals surface area (Å²) in [5.41, 5.74) is 8.04.